The van der Waals surface area contributed by atoms with Gasteiger partial charge in [0.1, 0.15) is 5.82 Å². The van der Waals surface area contributed by atoms with E-state index in [1.165, 1.54) is 0 Å². The maximum Gasteiger partial charge on any atom is 0.255 e. The molecule has 148 valence electrons. The number of anilines is 1. The number of rotatable bonds is 3. The Hall–Kier alpha value is -1.70. The molecule has 0 atom stereocenters. The van der Waals surface area contributed by atoms with Gasteiger partial charge in [-0.15, -0.1) is 0 Å². The molecule has 3 saturated heterocycles. The number of piperidine rings is 1. The Balaban J connectivity index is 1.30. The number of carbonyl (C=O) groups excluding carboxylic acids is 1. The van der Waals surface area contributed by atoms with Gasteiger partial charge in [0.25, 0.3) is 5.91 Å². The van der Waals surface area contributed by atoms with Crippen molar-refractivity contribution in [2.75, 3.05) is 77.5 Å². The van der Waals surface area contributed by atoms with Crippen molar-refractivity contribution in [3.63, 3.8) is 0 Å². The average molecular weight is 374 g/mol. The Labute approximate surface area is 161 Å². The Morgan fingerprint density at radius 3 is 2.33 bits per heavy atom. The fourth-order valence-corrected chi connectivity index (χ4v) is 4.29. The van der Waals surface area contributed by atoms with Gasteiger partial charge in [-0.1, -0.05) is 0 Å². The molecule has 3 aliphatic rings. The summed E-state index contributed by atoms with van der Waals surface area (Å²) in [7, 11) is 2.15. The lowest BCUT2D eigenvalue weighted by Crippen LogP contribution is -2.50. The summed E-state index contributed by atoms with van der Waals surface area (Å²) in [5, 5.41) is 0. The zero-order chi connectivity index (χ0) is 18.6. The number of morpholine rings is 1. The van der Waals surface area contributed by atoms with Gasteiger partial charge in [-0.05, 0) is 32.0 Å². The minimum Gasteiger partial charge on any atom is -0.379 e. The van der Waals surface area contributed by atoms with Gasteiger partial charge in [-0.3, -0.25) is 9.69 Å². The molecule has 4 heterocycles. The van der Waals surface area contributed by atoms with Gasteiger partial charge < -0.3 is 19.4 Å². The number of pyridine rings is 1. The van der Waals surface area contributed by atoms with Crippen molar-refractivity contribution in [1.82, 2.24) is 19.7 Å². The molecular formula is C20H31N5O2. The number of carbonyl (C=O) groups is 1. The van der Waals surface area contributed by atoms with Crippen LogP contribution < -0.4 is 4.90 Å². The van der Waals surface area contributed by atoms with Crippen molar-refractivity contribution < 1.29 is 9.53 Å². The van der Waals surface area contributed by atoms with Gasteiger partial charge >= 0.3 is 0 Å². The quantitative estimate of drug-likeness (QED) is 0.780. The fourth-order valence-electron chi connectivity index (χ4n) is 4.29. The van der Waals surface area contributed by atoms with Crippen molar-refractivity contribution in [3.05, 3.63) is 23.9 Å². The number of nitrogens with zero attached hydrogens (tertiary/aromatic N) is 5. The Bertz CT molecular complexity index is 616. The van der Waals surface area contributed by atoms with Crippen LogP contribution in [0.25, 0.3) is 0 Å². The minimum atomic E-state index is 0.118. The van der Waals surface area contributed by atoms with E-state index in [9.17, 15) is 4.79 Å². The van der Waals surface area contributed by atoms with E-state index in [1.54, 1.807) is 6.20 Å². The number of piperazine rings is 1. The van der Waals surface area contributed by atoms with Crippen molar-refractivity contribution in [1.29, 1.82) is 0 Å². The van der Waals surface area contributed by atoms with Crippen LogP contribution >= 0.6 is 0 Å². The van der Waals surface area contributed by atoms with Gasteiger partial charge in [-0.25, -0.2) is 4.98 Å². The number of ether oxygens (including phenoxy) is 1. The predicted molar refractivity (Wildman–Crippen MR) is 105 cm³/mol. The maximum atomic E-state index is 12.8. The van der Waals surface area contributed by atoms with Gasteiger partial charge in [0.2, 0.25) is 0 Å². The predicted octanol–water partition coefficient (Wildman–Crippen LogP) is 0.770. The van der Waals surface area contributed by atoms with Crippen LogP contribution in [0, 0.1) is 0 Å². The van der Waals surface area contributed by atoms with Crippen LogP contribution in [-0.4, -0.2) is 104 Å². The van der Waals surface area contributed by atoms with Crippen LogP contribution in [0.3, 0.4) is 0 Å². The molecular weight excluding hydrogens is 342 g/mol. The van der Waals surface area contributed by atoms with Crippen LogP contribution in [0.2, 0.25) is 0 Å². The number of amides is 1. The second-order valence-corrected chi connectivity index (χ2v) is 7.87. The number of hydrogen-bond acceptors (Lipinski definition) is 6. The molecule has 0 unspecified atom stereocenters. The van der Waals surface area contributed by atoms with Crippen LogP contribution in [0.4, 0.5) is 5.82 Å². The van der Waals surface area contributed by atoms with E-state index >= 15 is 0 Å². The molecule has 7 heteroatoms. The third-order valence-corrected chi connectivity index (χ3v) is 6.14. The van der Waals surface area contributed by atoms with E-state index in [2.05, 4.69) is 26.7 Å². The monoisotopic (exact) mass is 373 g/mol. The lowest BCUT2D eigenvalue weighted by Gasteiger charge is -2.40. The SMILES string of the molecule is CN1CCN(c2ccc(C(=O)N3CCC(N4CCOCC4)CC3)cn2)CC1. The summed E-state index contributed by atoms with van der Waals surface area (Å²) in [6.07, 6.45) is 3.86. The summed E-state index contributed by atoms with van der Waals surface area (Å²) in [5.74, 6) is 1.10. The highest BCUT2D eigenvalue weighted by Gasteiger charge is 2.28. The molecule has 27 heavy (non-hydrogen) atoms. The molecule has 0 aliphatic carbocycles. The summed E-state index contributed by atoms with van der Waals surface area (Å²) >= 11 is 0. The molecule has 1 aromatic rings. The molecule has 0 N–H and O–H groups in total. The summed E-state index contributed by atoms with van der Waals surface area (Å²) in [4.78, 5) is 26.6. The summed E-state index contributed by atoms with van der Waals surface area (Å²) in [6.45, 7) is 9.49. The zero-order valence-corrected chi connectivity index (χ0v) is 16.3. The van der Waals surface area contributed by atoms with Crippen molar-refractivity contribution in [2.45, 2.75) is 18.9 Å². The zero-order valence-electron chi connectivity index (χ0n) is 16.3. The molecule has 0 saturated carbocycles. The first kappa shape index (κ1) is 18.7. The molecule has 0 aromatic carbocycles. The summed E-state index contributed by atoms with van der Waals surface area (Å²) in [6, 6.07) is 4.53. The lowest BCUT2D eigenvalue weighted by molar-refractivity contribution is 0.00158. The first-order valence-electron chi connectivity index (χ1n) is 10.2. The van der Waals surface area contributed by atoms with Gasteiger partial charge in [0, 0.05) is 64.6 Å². The fraction of sp³-hybridized carbons (Fsp3) is 0.700. The number of hydrogen-bond donors (Lipinski definition) is 0. The van der Waals surface area contributed by atoms with Gasteiger partial charge in [-0.2, -0.15) is 0 Å². The molecule has 0 bridgehead atoms. The third-order valence-electron chi connectivity index (χ3n) is 6.14. The molecule has 4 rings (SSSR count). The van der Waals surface area contributed by atoms with Crippen LogP contribution in [0.5, 0.6) is 0 Å². The Morgan fingerprint density at radius 2 is 1.70 bits per heavy atom. The van der Waals surface area contributed by atoms with E-state index in [0.29, 0.717) is 11.6 Å². The third kappa shape index (κ3) is 4.42. The molecule has 0 radical (unpaired) electrons. The lowest BCUT2D eigenvalue weighted by atomic mass is 10.0. The highest BCUT2D eigenvalue weighted by molar-refractivity contribution is 5.94. The average Bonchev–Trinajstić information content (AvgIpc) is 2.75. The molecule has 1 aromatic heterocycles. The highest BCUT2D eigenvalue weighted by atomic mass is 16.5. The molecule has 1 amide bonds. The molecule has 3 aliphatic heterocycles. The van der Waals surface area contributed by atoms with Crippen molar-refractivity contribution in [2.24, 2.45) is 0 Å². The van der Waals surface area contributed by atoms with E-state index in [1.807, 2.05) is 17.0 Å². The molecule has 3 fully saturated rings. The number of likely N-dealkylation sites (N-methyl/N-ethyl adjacent to an activating group) is 1. The smallest absolute Gasteiger partial charge is 0.255 e. The molecule has 7 nitrogen and oxygen atoms in total. The summed E-state index contributed by atoms with van der Waals surface area (Å²) in [5.41, 5.74) is 0.706. The van der Waals surface area contributed by atoms with E-state index in [-0.39, 0.29) is 5.91 Å². The van der Waals surface area contributed by atoms with Crippen LogP contribution in [0.1, 0.15) is 23.2 Å². The van der Waals surface area contributed by atoms with Crippen LogP contribution in [-0.2, 0) is 4.74 Å². The summed E-state index contributed by atoms with van der Waals surface area (Å²) < 4.78 is 5.45. The van der Waals surface area contributed by atoms with Crippen molar-refractivity contribution >= 4 is 11.7 Å². The second kappa shape index (κ2) is 8.54. The first-order valence-corrected chi connectivity index (χ1v) is 10.2. The van der Waals surface area contributed by atoms with E-state index < -0.39 is 0 Å². The largest absolute Gasteiger partial charge is 0.379 e. The number of likely N-dealkylation sites (tertiary alicyclic amines) is 1. The number of aromatic nitrogens is 1. The van der Waals surface area contributed by atoms with E-state index in [4.69, 9.17) is 4.74 Å². The standard InChI is InChI=1S/C20H31N5O2/c1-22-8-10-24(11-9-22)19-3-2-17(16-21-19)20(26)25-6-4-18(5-7-25)23-12-14-27-15-13-23/h2-3,16,18H,4-15H2,1H3. The Kier molecular flexibility index (Phi) is 5.90. The van der Waals surface area contributed by atoms with Crippen molar-refractivity contribution in [3.8, 4) is 0 Å². The van der Waals surface area contributed by atoms with Gasteiger partial charge in [0.05, 0.1) is 18.8 Å². The topological polar surface area (TPSA) is 52.2 Å². The van der Waals surface area contributed by atoms with Gasteiger partial charge in [0.15, 0.2) is 0 Å². The maximum absolute atomic E-state index is 12.8. The second-order valence-electron chi connectivity index (χ2n) is 7.87. The normalized spacial score (nSPS) is 23.6. The first-order chi connectivity index (χ1) is 13.2. The molecule has 0 spiro atoms. The minimum absolute atomic E-state index is 0.118. The highest BCUT2D eigenvalue weighted by Crippen LogP contribution is 2.20. The Morgan fingerprint density at radius 1 is 1.00 bits per heavy atom. The van der Waals surface area contributed by atoms with Crippen LogP contribution in [0.15, 0.2) is 18.3 Å². The van der Waals surface area contributed by atoms with E-state index in [0.717, 1.165) is 84.2 Å².